The summed E-state index contributed by atoms with van der Waals surface area (Å²) < 4.78 is 10.4. The van der Waals surface area contributed by atoms with Crippen LogP contribution >= 0.6 is 11.3 Å². The van der Waals surface area contributed by atoms with E-state index in [4.69, 9.17) is 9.47 Å². The van der Waals surface area contributed by atoms with Crippen LogP contribution in [0.4, 0.5) is 10.8 Å². The third kappa shape index (κ3) is 5.04. The van der Waals surface area contributed by atoms with Gasteiger partial charge in [0.05, 0.1) is 12.2 Å². The lowest BCUT2D eigenvalue weighted by molar-refractivity contribution is -0.390. The fourth-order valence-electron chi connectivity index (χ4n) is 2.85. The topological polar surface area (TPSA) is 121 Å². The number of hydrogen-bond acceptors (Lipinski definition) is 8. The number of nitrogens with one attached hydrogen (secondary N) is 1. The molecule has 0 saturated heterocycles. The van der Waals surface area contributed by atoms with Crippen molar-refractivity contribution >= 4 is 34.0 Å². The molecule has 0 atom stereocenters. The molecule has 2 heterocycles. The molecule has 10 heteroatoms. The van der Waals surface area contributed by atoms with Gasteiger partial charge in [0.25, 0.3) is 5.91 Å². The van der Waals surface area contributed by atoms with Gasteiger partial charge in [0.15, 0.2) is 6.61 Å². The van der Waals surface area contributed by atoms with Gasteiger partial charge in [0.1, 0.15) is 11.2 Å². The SMILES string of the molecule is CCOC(=O)c1c(NC(=O)COc2cccnc2[N+](=O)[O-])sc(-c2ccccc2)c1C. The third-order valence-corrected chi connectivity index (χ3v) is 5.45. The standard InChI is InChI=1S/C21H19N3O6S/c1-3-29-21(26)17-13(2)18(14-8-5-4-6-9-14)31-20(17)23-16(25)12-30-15-10-7-11-22-19(15)24(27)28/h4-11H,3,12H2,1-2H3,(H,23,25). The Morgan fingerprint density at radius 2 is 1.94 bits per heavy atom. The fourth-order valence-corrected chi connectivity index (χ4v) is 4.07. The minimum absolute atomic E-state index is 0.124. The van der Waals surface area contributed by atoms with Crippen LogP contribution in [0, 0.1) is 17.0 Å². The first-order valence-corrected chi connectivity index (χ1v) is 10.1. The van der Waals surface area contributed by atoms with Crippen molar-refractivity contribution in [2.75, 3.05) is 18.5 Å². The fraction of sp³-hybridized carbons (Fsp3) is 0.190. The average molecular weight is 441 g/mol. The molecule has 0 saturated carbocycles. The number of nitrogens with zero attached hydrogens (tertiary/aromatic N) is 2. The van der Waals surface area contributed by atoms with Crippen molar-refractivity contribution in [3.8, 4) is 16.2 Å². The molecule has 0 bridgehead atoms. The number of carbonyl (C=O) groups excluding carboxylic acids is 2. The number of ether oxygens (including phenoxy) is 2. The van der Waals surface area contributed by atoms with E-state index in [1.807, 2.05) is 30.3 Å². The molecule has 0 radical (unpaired) electrons. The zero-order valence-electron chi connectivity index (χ0n) is 16.8. The van der Waals surface area contributed by atoms with E-state index < -0.39 is 29.2 Å². The number of esters is 1. The zero-order valence-corrected chi connectivity index (χ0v) is 17.6. The molecule has 0 spiro atoms. The summed E-state index contributed by atoms with van der Waals surface area (Å²) in [5.74, 6) is -1.73. The van der Waals surface area contributed by atoms with Gasteiger partial charge in [-0.3, -0.25) is 4.79 Å². The van der Waals surface area contributed by atoms with Gasteiger partial charge in [0.2, 0.25) is 5.75 Å². The molecule has 9 nitrogen and oxygen atoms in total. The van der Waals surface area contributed by atoms with Crippen LogP contribution in [0.1, 0.15) is 22.8 Å². The van der Waals surface area contributed by atoms with Crippen LogP contribution in [-0.4, -0.2) is 35.0 Å². The lowest BCUT2D eigenvalue weighted by Crippen LogP contribution is -2.21. The van der Waals surface area contributed by atoms with E-state index in [0.717, 1.165) is 10.4 Å². The average Bonchev–Trinajstić information content (AvgIpc) is 3.08. The van der Waals surface area contributed by atoms with E-state index in [1.54, 1.807) is 13.8 Å². The summed E-state index contributed by atoms with van der Waals surface area (Å²) in [6.07, 6.45) is 1.26. The van der Waals surface area contributed by atoms with Crippen LogP contribution in [0.5, 0.6) is 5.75 Å². The quantitative estimate of drug-likeness (QED) is 0.316. The van der Waals surface area contributed by atoms with Crippen molar-refractivity contribution in [3.63, 3.8) is 0 Å². The van der Waals surface area contributed by atoms with Gasteiger partial charge in [0, 0.05) is 4.88 Å². The molecule has 160 valence electrons. The number of thiophene rings is 1. The number of carbonyl (C=O) groups is 2. The van der Waals surface area contributed by atoms with Crippen LogP contribution in [0.15, 0.2) is 48.7 Å². The number of rotatable bonds is 8. The highest BCUT2D eigenvalue weighted by Gasteiger charge is 2.25. The number of anilines is 1. The summed E-state index contributed by atoms with van der Waals surface area (Å²) in [5, 5.41) is 14.0. The van der Waals surface area contributed by atoms with Gasteiger partial charge in [-0.1, -0.05) is 30.3 Å². The van der Waals surface area contributed by atoms with Crippen molar-refractivity contribution in [2.24, 2.45) is 0 Å². The minimum Gasteiger partial charge on any atom is -0.476 e. The first-order chi connectivity index (χ1) is 14.9. The van der Waals surface area contributed by atoms with E-state index in [2.05, 4.69) is 10.3 Å². The van der Waals surface area contributed by atoms with Crippen molar-refractivity contribution in [2.45, 2.75) is 13.8 Å². The molecule has 31 heavy (non-hydrogen) atoms. The predicted octanol–water partition coefficient (Wildman–Crippen LogP) is 4.22. The summed E-state index contributed by atoms with van der Waals surface area (Å²) >= 11 is 1.24. The maximum Gasteiger partial charge on any atom is 0.406 e. The Balaban J connectivity index is 1.84. The van der Waals surface area contributed by atoms with Crippen molar-refractivity contribution in [1.29, 1.82) is 0 Å². The lowest BCUT2D eigenvalue weighted by atomic mass is 10.1. The van der Waals surface area contributed by atoms with Crippen LogP contribution in [0.2, 0.25) is 0 Å². The molecule has 3 aromatic rings. The Kier molecular flexibility index (Phi) is 6.93. The van der Waals surface area contributed by atoms with E-state index in [1.165, 1.54) is 29.7 Å². The lowest BCUT2D eigenvalue weighted by Gasteiger charge is -2.08. The highest BCUT2D eigenvalue weighted by Crippen LogP contribution is 2.40. The van der Waals surface area contributed by atoms with Gasteiger partial charge in [-0.2, -0.15) is 0 Å². The minimum atomic E-state index is -0.694. The molecule has 0 aliphatic heterocycles. The van der Waals surface area contributed by atoms with Crippen LogP contribution in [-0.2, 0) is 9.53 Å². The summed E-state index contributed by atoms with van der Waals surface area (Å²) in [4.78, 5) is 39.8. The number of pyridine rings is 1. The molecule has 0 fully saturated rings. The van der Waals surface area contributed by atoms with Gasteiger partial charge >= 0.3 is 11.8 Å². The van der Waals surface area contributed by atoms with Gasteiger partial charge < -0.3 is 24.9 Å². The second-order valence-corrected chi connectivity index (χ2v) is 7.29. The maximum absolute atomic E-state index is 12.5. The Morgan fingerprint density at radius 3 is 2.61 bits per heavy atom. The van der Waals surface area contributed by atoms with Crippen LogP contribution in [0.3, 0.4) is 0 Å². The highest BCUT2D eigenvalue weighted by atomic mass is 32.1. The van der Waals surface area contributed by atoms with Crippen molar-refractivity contribution in [1.82, 2.24) is 4.98 Å². The summed E-state index contributed by atoms with van der Waals surface area (Å²) in [5.41, 5.74) is 1.86. The predicted molar refractivity (Wildman–Crippen MR) is 115 cm³/mol. The van der Waals surface area contributed by atoms with Crippen molar-refractivity contribution < 1.29 is 24.0 Å². The summed E-state index contributed by atoms with van der Waals surface area (Å²) in [7, 11) is 0. The first kappa shape index (κ1) is 21.9. The second-order valence-electron chi connectivity index (χ2n) is 6.27. The Labute approximate surface area is 181 Å². The molecule has 1 N–H and O–H groups in total. The number of hydrogen-bond donors (Lipinski definition) is 1. The van der Waals surface area contributed by atoms with Crippen molar-refractivity contribution in [3.05, 3.63) is 69.9 Å². The number of benzene rings is 1. The van der Waals surface area contributed by atoms with Gasteiger partial charge in [-0.15, -0.1) is 11.3 Å². The summed E-state index contributed by atoms with van der Waals surface area (Å²) in [6, 6.07) is 12.3. The Morgan fingerprint density at radius 1 is 1.19 bits per heavy atom. The largest absolute Gasteiger partial charge is 0.476 e. The summed E-state index contributed by atoms with van der Waals surface area (Å²) in [6.45, 7) is 3.18. The molecule has 1 amide bonds. The Hall–Kier alpha value is -3.79. The molecule has 1 aromatic carbocycles. The number of aromatic nitrogens is 1. The van der Waals surface area contributed by atoms with Gasteiger partial charge in [-0.25, -0.2) is 4.79 Å². The first-order valence-electron chi connectivity index (χ1n) is 9.30. The highest BCUT2D eigenvalue weighted by molar-refractivity contribution is 7.20. The monoisotopic (exact) mass is 441 g/mol. The van der Waals surface area contributed by atoms with Crippen LogP contribution in [0.25, 0.3) is 10.4 Å². The van der Waals surface area contributed by atoms with Gasteiger partial charge in [-0.05, 0) is 47.0 Å². The molecular formula is C21H19N3O6S. The third-order valence-electron chi connectivity index (χ3n) is 4.20. The molecule has 0 aliphatic rings. The Bertz CT molecular complexity index is 1110. The van der Waals surface area contributed by atoms with E-state index >= 15 is 0 Å². The smallest absolute Gasteiger partial charge is 0.406 e. The number of amides is 1. The molecule has 3 rings (SSSR count). The second kappa shape index (κ2) is 9.81. The zero-order chi connectivity index (χ0) is 22.4. The molecule has 0 unspecified atom stereocenters. The number of nitro groups is 1. The van der Waals surface area contributed by atoms with E-state index in [-0.39, 0.29) is 17.9 Å². The normalized spacial score (nSPS) is 10.4. The van der Waals surface area contributed by atoms with E-state index in [9.17, 15) is 19.7 Å². The molecule has 0 aliphatic carbocycles. The van der Waals surface area contributed by atoms with E-state index in [0.29, 0.717) is 10.6 Å². The molecular weight excluding hydrogens is 422 g/mol. The van der Waals surface area contributed by atoms with Crippen LogP contribution < -0.4 is 10.1 Å². The molecule has 2 aromatic heterocycles. The maximum atomic E-state index is 12.5.